The quantitative estimate of drug-likeness (QED) is 0.673. The summed E-state index contributed by atoms with van der Waals surface area (Å²) in [6.07, 6.45) is 0.921. The van der Waals surface area contributed by atoms with Crippen LogP contribution in [0.25, 0.3) is 0 Å². The second-order valence-corrected chi connectivity index (χ2v) is 5.76. The lowest BCUT2D eigenvalue weighted by Gasteiger charge is -2.27. The Labute approximate surface area is 118 Å². The van der Waals surface area contributed by atoms with E-state index in [9.17, 15) is 15.2 Å². The van der Waals surface area contributed by atoms with Crippen LogP contribution < -0.4 is 4.90 Å². The lowest BCUT2D eigenvalue weighted by atomic mass is 10.0. The van der Waals surface area contributed by atoms with E-state index < -0.39 is 0 Å². The number of nitrogens with zero attached hydrogens (tertiary/aromatic N) is 4. The summed E-state index contributed by atoms with van der Waals surface area (Å²) in [4.78, 5) is 13.0. The Morgan fingerprint density at radius 1 is 1.55 bits per heavy atom. The van der Waals surface area contributed by atoms with E-state index in [-0.39, 0.29) is 29.3 Å². The molecule has 0 bridgehead atoms. The smallest absolute Gasteiger partial charge is 0.333 e. The maximum absolute atomic E-state index is 11.4. The van der Waals surface area contributed by atoms with Crippen molar-refractivity contribution in [3.63, 3.8) is 0 Å². The maximum atomic E-state index is 11.4. The topological polar surface area (TPSA) is 84.4 Å². The third kappa shape index (κ3) is 2.26. The van der Waals surface area contributed by atoms with Crippen LogP contribution in [0, 0.1) is 23.0 Å². The Morgan fingerprint density at radius 2 is 2.20 bits per heavy atom. The molecule has 2 atom stereocenters. The Bertz CT molecular complexity index is 512. The van der Waals surface area contributed by atoms with Crippen molar-refractivity contribution in [1.82, 2.24) is 9.78 Å². The summed E-state index contributed by atoms with van der Waals surface area (Å²) in [6.45, 7) is 8.34. The van der Waals surface area contributed by atoms with E-state index in [1.807, 2.05) is 18.7 Å². The highest BCUT2D eigenvalue weighted by atomic mass is 16.6. The van der Waals surface area contributed by atoms with E-state index in [0.29, 0.717) is 24.0 Å². The van der Waals surface area contributed by atoms with Gasteiger partial charge in [0.1, 0.15) is 5.69 Å². The fourth-order valence-electron chi connectivity index (χ4n) is 2.92. The molecule has 1 aromatic rings. The molecule has 20 heavy (non-hydrogen) atoms. The number of aliphatic hydroxyl groups excluding tert-OH is 1. The predicted molar refractivity (Wildman–Crippen MR) is 76.0 cm³/mol. The number of aliphatic hydroxyl groups is 1. The van der Waals surface area contributed by atoms with Crippen LogP contribution in [0.2, 0.25) is 0 Å². The maximum Gasteiger partial charge on any atom is 0.333 e. The molecular weight excluding hydrogens is 260 g/mol. The largest absolute Gasteiger partial charge is 0.394 e. The molecule has 7 nitrogen and oxygen atoms in total. The number of rotatable bonds is 4. The number of hydrogen-bond acceptors (Lipinski definition) is 5. The first kappa shape index (κ1) is 14.8. The molecule has 0 aliphatic carbocycles. The van der Waals surface area contributed by atoms with Crippen molar-refractivity contribution in [3.05, 3.63) is 15.8 Å². The molecule has 7 heteroatoms. The van der Waals surface area contributed by atoms with Gasteiger partial charge in [-0.3, -0.25) is 10.1 Å². The van der Waals surface area contributed by atoms with Gasteiger partial charge in [0.2, 0.25) is 5.82 Å². The SMILES string of the molecule is Cc1nn(C(C)C)c(N2CCC(C)C2CO)c1[N+](=O)[O-]. The van der Waals surface area contributed by atoms with Crippen molar-refractivity contribution in [2.75, 3.05) is 18.1 Å². The molecule has 1 fully saturated rings. The zero-order chi connectivity index (χ0) is 15.0. The zero-order valence-electron chi connectivity index (χ0n) is 12.4. The minimum atomic E-state index is -0.367. The number of anilines is 1. The van der Waals surface area contributed by atoms with Gasteiger partial charge in [0.05, 0.1) is 17.6 Å². The first-order valence-electron chi connectivity index (χ1n) is 6.99. The summed E-state index contributed by atoms with van der Waals surface area (Å²) >= 11 is 0. The van der Waals surface area contributed by atoms with Crippen LogP contribution >= 0.6 is 0 Å². The monoisotopic (exact) mass is 282 g/mol. The van der Waals surface area contributed by atoms with Crippen LogP contribution in [0.15, 0.2) is 0 Å². The number of nitro groups is 1. The second kappa shape index (κ2) is 5.40. The average molecular weight is 282 g/mol. The van der Waals surface area contributed by atoms with Crippen LogP contribution in [-0.2, 0) is 0 Å². The first-order valence-corrected chi connectivity index (χ1v) is 6.99. The van der Waals surface area contributed by atoms with Gasteiger partial charge < -0.3 is 10.0 Å². The Kier molecular flexibility index (Phi) is 3.99. The lowest BCUT2D eigenvalue weighted by molar-refractivity contribution is -0.384. The van der Waals surface area contributed by atoms with Gasteiger partial charge in [0.15, 0.2) is 0 Å². The molecule has 2 rings (SSSR count). The van der Waals surface area contributed by atoms with E-state index in [4.69, 9.17) is 0 Å². The molecule has 0 spiro atoms. The van der Waals surface area contributed by atoms with E-state index in [2.05, 4.69) is 12.0 Å². The van der Waals surface area contributed by atoms with Crippen LogP contribution in [-0.4, -0.2) is 39.0 Å². The summed E-state index contributed by atoms with van der Waals surface area (Å²) < 4.78 is 1.70. The van der Waals surface area contributed by atoms with Crippen molar-refractivity contribution in [1.29, 1.82) is 0 Å². The summed E-state index contributed by atoms with van der Waals surface area (Å²) in [5.74, 6) is 0.848. The highest BCUT2D eigenvalue weighted by Crippen LogP contribution is 2.38. The van der Waals surface area contributed by atoms with Crippen LogP contribution in [0.1, 0.15) is 38.9 Å². The van der Waals surface area contributed by atoms with Crippen LogP contribution in [0.3, 0.4) is 0 Å². The van der Waals surface area contributed by atoms with Crippen LogP contribution in [0.5, 0.6) is 0 Å². The minimum Gasteiger partial charge on any atom is -0.394 e. The van der Waals surface area contributed by atoms with Gasteiger partial charge in [0, 0.05) is 12.6 Å². The molecule has 1 aromatic heterocycles. The number of aryl methyl sites for hydroxylation is 1. The molecule has 0 radical (unpaired) electrons. The molecular formula is C13H22N4O3. The zero-order valence-corrected chi connectivity index (χ0v) is 12.4. The summed E-state index contributed by atoms with van der Waals surface area (Å²) in [6, 6.07) is -0.0463. The summed E-state index contributed by atoms with van der Waals surface area (Å²) in [5, 5.41) is 25.3. The van der Waals surface area contributed by atoms with E-state index in [1.165, 1.54) is 0 Å². The Hall–Kier alpha value is -1.63. The normalized spacial score (nSPS) is 22.8. The fraction of sp³-hybridized carbons (Fsp3) is 0.769. The van der Waals surface area contributed by atoms with Gasteiger partial charge in [-0.15, -0.1) is 0 Å². The summed E-state index contributed by atoms with van der Waals surface area (Å²) in [7, 11) is 0. The molecule has 2 heterocycles. The van der Waals surface area contributed by atoms with Crippen molar-refractivity contribution < 1.29 is 10.0 Å². The van der Waals surface area contributed by atoms with Gasteiger partial charge >= 0.3 is 5.69 Å². The molecule has 1 N–H and O–H groups in total. The minimum absolute atomic E-state index is 0.000639. The van der Waals surface area contributed by atoms with E-state index in [0.717, 1.165) is 6.42 Å². The number of hydrogen-bond donors (Lipinski definition) is 1. The molecule has 1 aliphatic heterocycles. The third-order valence-electron chi connectivity index (χ3n) is 4.04. The standard InChI is InChI=1S/C13H22N4O3/c1-8(2)16-13(12(17(19)20)10(4)14-16)15-6-5-9(3)11(15)7-18/h8-9,11,18H,5-7H2,1-4H3. The van der Waals surface area contributed by atoms with Gasteiger partial charge in [-0.1, -0.05) is 6.92 Å². The predicted octanol–water partition coefficient (Wildman–Crippen LogP) is 1.89. The van der Waals surface area contributed by atoms with Gasteiger partial charge in [-0.05, 0) is 33.1 Å². The molecule has 112 valence electrons. The molecule has 1 aliphatic rings. The first-order chi connectivity index (χ1) is 9.38. The Balaban J connectivity index is 2.56. The Morgan fingerprint density at radius 3 is 2.70 bits per heavy atom. The van der Waals surface area contributed by atoms with Gasteiger partial charge in [-0.2, -0.15) is 5.10 Å². The molecule has 0 amide bonds. The molecule has 0 saturated carbocycles. The fourth-order valence-corrected chi connectivity index (χ4v) is 2.92. The van der Waals surface area contributed by atoms with E-state index >= 15 is 0 Å². The molecule has 2 unspecified atom stereocenters. The van der Waals surface area contributed by atoms with Gasteiger partial charge in [0.25, 0.3) is 0 Å². The van der Waals surface area contributed by atoms with E-state index in [1.54, 1.807) is 11.6 Å². The van der Waals surface area contributed by atoms with Gasteiger partial charge in [-0.25, -0.2) is 4.68 Å². The number of aromatic nitrogens is 2. The molecule has 1 saturated heterocycles. The average Bonchev–Trinajstić information content (AvgIpc) is 2.89. The van der Waals surface area contributed by atoms with Crippen molar-refractivity contribution >= 4 is 11.5 Å². The van der Waals surface area contributed by atoms with Crippen LogP contribution in [0.4, 0.5) is 11.5 Å². The third-order valence-corrected chi connectivity index (χ3v) is 4.04. The summed E-state index contributed by atoms with van der Waals surface area (Å²) in [5.41, 5.74) is 0.487. The highest BCUT2D eigenvalue weighted by molar-refractivity contribution is 5.62. The van der Waals surface area contributed by atoms with Crippen molar-refractivity contribution in [2.24, 2.45) is 5.92 Å². The second-order valence-electron chi connectivity index (χ2n) is 5.76. The lowest BCUT2D eigenvalue weighted by Crippen LogP contribution is -2.37. The van der Waals surface area contributed by atoms with Crippen molar-refractivity contribution in [3.8, 4) is 0 Å². The molecule has 0 aromatic carbocycles. The highest BCUT2D eigenvalue weighted by Gasteiger charge is 2.38. The van der Waals surface area contributed by atoms with Crippen molar-refractivity contribution in [2.45, 2.75) is 46.2 Å².